The van der Waals surface area contributed by atoms with Crippen LogP contribution in [0.2, 0.25) is 0 Å². The van der Waals surface area contributed by atoms with E-state index < -0.39 is 22.5 Å². The van der Waals surface area contributed by atoms with Crippen molar-refractivity contribution in [2.24, 2.45) is 4.99 Å². The van der Waals surface area contributed by atoms with Crippen LogP contribution in [0.15, 0.2) is 4.99 Å². The third-order valence-corrected chi connectivity index (χ3v) is 5.27. The Balaban J connectivity index is -0.000000420. The molecule has 0 fully saturated rings. The first kappa shape index (κ1) is 39.3. The number of aliphatic imine (C=N–C) groups is 1. The summed E-state index contributed by atoms with van der Waals surface area (Å²) in [6, 6.07) is 0. The summed E-state index contributed by atoms with van der Waals surface area (Å²) in [5.41, 5.74) is -2.64. The molecule has 212 valence electrons. The fourth-order valence-electron chi connectivity index (χ4n) is 1.98. The van der Waals surface area contributed by atoms with E-state index in [2.05, 4.69) is 72.6 Å². The molecular formula is C23H42Br2ClN3O7. The van der Waals surface area contributed by atoms with Gasteiger partial charge in [-0.15, -0.1) is 0 Å². The van der Waals surface area contributed by atoms with Crippen molar-refractivity contribution >= 4 is 72.6 Å². The number of amides is 1. The van der Waals surface area contributed by atoms with E-state index in [4.69, 9.17) is 21.4 Å². The lowest BCUT2D eigenvalue weighted by atomic mass is 10.1. The molecule has 0 radical (unpaired) electrons. The summed E-state index contributed by atoms with van der Waals surface area (Å²) in [5.74, 6) is -1.19. The summed E-state index contributed by atoms with van der Waals surface area (Å²) >= 11 is 11.0. The first-order valence-corrected chi connectivity index (χ1v) is 13.7. The number of alkyl halides is 2. The van der Waals surface area contributed by atoms with Gasteiger partial charge in [-0.2, -0.15) is 0 Å². The van der Waals surface area contributed by atoms with Crippen LogP contribution < -0.4 is 5.32 Å². The minimum absolute atomic E-state index is 0.00762. The Hall–Kier alpha value is -1.24. The smallest absolute Gasteiger partial charge is 0.403 e. The molecule has 0 saturated heterocycles. The fourth-order valence-corrected chi connectivity index (χ4v) is 2.40. The van der Waals surface area contributed by atoms with Crippen LogP contribution >= 0.6 is 43.5 Å². The molecule has 0 saturated carbocycles. The Labute approximate surface area is 237 Å². The molecule has 1 aliphatic rings. The van der Waals surface area contributed by atoms with Crippen molar-refractivity contribution in [3.63, 3.8) is 0 Å². The van der Waals surface area contributed by atoms with Gasteiger partial charge in [0.15, 0.2) is 5.54 Å². The molecule has 2 unspecified atom stereocenters. The summed E-state index contributed by atoms with van der Waals surface area (Å²) in [7, 11) is 0. The zero-order valence-electron chi connectivity index (χ0n) is 22.9. The van der Waals surface area contributed by atoms with E-state index in [1.807, 2.05) is 6.92 Å². The van der Waals surface area contributed by atoms with Crippen LogP contribution in [0.1, 0.15) is 69.2 Å². The molecular weight excluding hydrogens is 626 g/mol. The second-order valence-electron chi connectivity index (χ2n) is 8.34. The Bertz CT molecular complexity index is 721. The van der Waals surface area contributed by atoms with Gasteiger partial charge in [0.2, 0.25) is 11.8 Å². The van der Waals surface area contributed by atoms with Crippen LogP contribution in [-0.4, -0.2) is 86.2 Å². The molecule has 1 aliphatic heterocycles. The maximum absolute atomic E-state index is 11.1. The monoisotopic (exact) mass is 665 g/mol. The molecule has 1 amide bonds. The molecule has 36 heavy (non-hydrogen) atoms. The summed E-state index contributed by atoms with van der Waals surface area (Å²) < 4.78 is 9.07. The number of aliphatic carboxylic acids is 1. The van der Waals surface area contributed by atoms with E-state index in [1.54, 1.807) is 27.7 Å². The van der Waals surface area contributed by atoms with Gasteiger partial charge in [-0.05, 0) is 68.1 Å². The van der Waals surface area contributed by atoms with Crippen molar-refractivity contribution in [2.45, 2.75) is 90.0 Å². The second kappa shape index (κ2) is 19.8. The van der Waals surface area contributed by atoms with Crippen molar-refractivity contribution in [1.82, 2.24) is 10.2 Å². The van der Waals surface area contributed by atoms with Crippen molar-refractivity contribution < 1.29 is 33.8 Å². The van der Waals surface area contributed by atoms with Crippen LogP contribution in [0.5, 0.6) is 0 Å². The van der Waals surface area contributed by atoms with E-state index in [-0.39, 0.29) is 21.5 Å². The maximum atomic E-state index is 11.1. The Morgan fingerprint density at radius 3 is 1.72 bits per heavy atom. The quantitative estimate of drug-likeness (QED) is 0.210. The third-order valence-electron chi connectivity index (χ3n) is 4.36. The molecule has 0 aromatic carbocycles. The Kier molecular flexibility index (Phi) is 21.6. The fraction of sp³-hybridized carbons (Fsp3) is 0.783. The number of rotatable bonds is 8. The van der Waals surface area contributed by atoms with Gasteiger partial charge in [-0.3, -0.25) is 4.79 Å². The number of nitrogens with one attached hydrogen (secondary N) is 1. The minimum atomic E-state index is -1.21. The highest BCUT2D eigenvalue weighted by Gasteiger charge is 2.38. The van der Waals surface area contributed by atoms with Crippen LogP contribution in [0.4, 0.5) is 4.79 Å². The predicted molar refractivity (Wildman–Crippen MR) is 151 cm³/mol. The van der Waals surface area contributed by atoms with Gasteiger partial charge in [-0.25, -0.2) is 19.4 Å². The molecule has 0 spiro atoms. The van der Waals surface area contributed by atoms with Gasteiger partial charge < -0.3 is 24.8 Å². The van der Waals surface area contributed by atoms with Crippen molar-refractivity contribution in [2.75, 3.05) is 26.2 Å². The van der Waals surface area contributed by atoms with Gasteiger partial charge in [0.1, 0.15) is 5.54 Å². The van der Waals surface area contributed by atoms with E-state index in [1.165, 1.54) is 33.5 Å². The molecule has 1 heterocycles. The summed E-state index contributed by atoms with van der Waals surface area (Å²) in [4.78, 5) is 48.3. The lowest BCUT2D eigenvalue weighted by Gasteiger charge is -2.21. The highest BCUT2D eigenvalue weighted by Crippen LogP contribution is 2.21. The lowest BCUT2D eigenvalue weighted by molar-refractivity contribution is -0.145. The Morgan fingerprint density at radius 1 is 1.14 bits per heavy atom. The molecule has 0 aliphatic carbocycles. The highest BCUT2D eigenvalue weighted by atomic mass is 79.9. The van der Waals surface area contributed by atoms with E-state index in [0.717, 1.165) is 0 Å². The average molecular weight is 668 g/mol. The van der Waals surface area contributed by atoms with Gasteiger partial charge in [-0.1, -0.05) is 52.6 Å². The van der Waals surface area contributed by atoms with Crippen LogP contribution in [-0.2, 0) is 23.9 Å². The number of hydrogen-bond donors (Lipinski definition) is 2. The molecule has 2 atom stereocenters. The zero-order valence-corrected chi connectivity index (χ0v) is 26.8. The average Bonchev–Trinajstić information content (AvgIpc) is 3.03. The maximum Gasteiger partial charge on any atom is 0.403 e. The summed E-state index contributed by atoms with van der Waals surface area (Å²) in [5, 5.41) is 11.0. The molecule has 0 aromatic rings. The largest absolute Gasteiger partial charge is 0.480 e. The summed E-state index contributed by atoms with van der Waals surface area (Å²) in [6.45, 7) is 22.0. The lowest BCUT2D eigenvalue weighted by Crippen LogP contribution is -2.51. The number of carboxylic acid groups (broad SMARTS) is 1. The normalized spacial score (nSPS) is 15.3. The number of ether oxygens (including phenoxy) is 2. The highest BCUT2D eigenvalue weighted by molar-refractivity contribution is 9.10. The number of esters is 1. The number of halogens is 3. The number of nitrogens with zero attached hydrogens (tertiary/aromatic N) is 2. The molecule has 13 heteroatoms. The van der Waals surface area contributed by atoms with Crippen molar-refractivity contribution in [3.05, 3.63) is 0 Å². The molecule has 0 bridgehead atoms. The van der Waals surface area contributed by atoms with Crippen LogP contribution in [0.3, 0.4) is 0 Å². The Morgan fingerprint density at radius 2 is 1.58 bits per heavy atom. The number of carbonyl (C=O) groups is 4. The van der Waals surface area contributed by atoms with Crippen LogP contribution in [0, 0.1) is 0 Å². The number of carboxylic acids is 1. The number of hydrogen-bond acceptors (Lipinski definition) is 8. The van der Waals surface area contributed by atoms with Gasteiger partial charge >= 0.3 is 17.4 Å². The predicted octanol–water partition coefficient (Wildman–Crippen LogP) is 4.98. The van der Waals surface area contributed by atoms with Crippen molar-refractivity contribution in [3.8, 4) is 0 Å². The SMILES string of the molecule is CC(Br)C(=O)NC(C)(C)C(=O)O.CC(Br)C1=NC(C)(C)C(=O)O1.CCN(CC)CC.CCOC(=O)Cl. The van der Waals surface area contributed by atoms with Crippen LogP contribution in [0.25, 0.3) is 0 Å². The van der Waals surface area contributed by atoms with Gasteiger partial charge in [0, 0.05) is 11.6 Å². The van der Waals surface area contributed by atoms with Crippen molar-refractivity contribution in [1.29, 1.82) is 0 Å². The van der Waals surface area contributed by atoms with E-state index >= 15 is 0 Å². The zero-order chi connectivity index (χ0) is 29.3. The molecule has 2 N–H and O–H groups in total. The van der Waals surface area contributed by atoms with E-state index in [0.29, 0.717) is 12.5 Å². The van der Waals surface area contributed by atoms with E-state index in [9.17, 15) is 19.2 Å². The molecule has 0 aromatic heterocycles. The topological polar surface area (TPSA) is 135 Å². The number of carbonyl (C=O) groups excluding carboxylic acids is 3. The van der Waals surface area contributed by atoms with Gasteiger partial charge in [0.05, 0.1) is 16.3 Å². The molecule has 1 rings (SSSR count). The molecule has 10 nitrogen and oxygen atoms in total. The summed E-state index contributed by atoms with van der Waals surface area (Å²) in [6.07, 6.45) is 0. The van der Waals surface area contributed by atoms with Gasteiger partial charge in [0.25, 0.3) is 0 Å². The standard InChI is InChI=1S/C7H12BrNO3.C7H10BrNO2.C6H15N.C3H5ClO2/c1-4(8)5(10)9-7(2,3)6(11)12;1-4(8)5-9-7(2,3)6(10)11-5;1-4-7(5-2)6-3;1-2-6-3(4)5/h4H,1-3H3,(H,9,10)(H,11,12);4H,1-3H3;4-6H2,1-3H3;2H2,1H3. The first-order chi connectivity index (χ1) is 16.3. The second-order valence-corrected chi connectivity index (χ2v) is 11.4. The minimum Gasteiger partial charge on any atom is -0.480 e. The third kappa shape index (κ3) is 18.9. The number of cyclic esters (lactones) is 1. The first-order valence-electron chi connectivity index (χ1n) is 11.5.